The topological polar surface area (TPSA) is 74.8 Å². The Kier molecular flexibility index (Phi) is 4.15. The first-order valence-electron chi connectivity index (χ1n) is 8.58. The summed E-state index contributed by atoms with van der Waals surface area (Å²) in [5.74, 6) is -0.0722. The van der Waals surface area contributed by atoms with Gasteiger partial charge in [-0.1, -0.05) is 36.4 Å². The van der Waals surface area contributed by atoms with Gasteiger partial charge in [0.1, 0.15) is 0 Å². The Hall–Kier alpha value is -1.48. The molecule has 0 radical (unpaired) electrons. The molecule has 0 spiro atoms. The van der Waals surface area contributed by atoms with Gasteiger partial charge in [0.15, 0.2) is 9.84 Å². The van der Waals surface area contributed by atoms with E-state index in [9.17, 15) is 16.8 Å². The molecule has 2 aromatic carbocycles. The van der Waals surface area contributed by atoms with Gasteiger partial charge in [-0.3, -0.25) is 0 Å². The monoisotopic (exact) mass is 394 g/mol. The zero-order valence-corrected chi connectivity index (χ0v) is 16.4. The number of benzene rings is 2. The molecule has 4 rings (SSSR count). The van der Waals surface area contributed by atoms with Gasteiger partial charge in [0, 0.05) is 30.4 Å². The molecule has 0 saturated carbocycles. The van der Waals surface area contributed by atoms with Crippen LogP contribution in [0.4, 0.5) is 0 Å². The summed E-state index contributed by atoms with van der Waals surface area (Å²) in [4.78, 5) is 2.14. The number of hydrogen-bond acceptors (Lipinski definition) is 5. The van der Waals surface area contributed by atoms with Crippen LogP contribution in [-0.2, 0) is 19.9 Å². The fraction of sp³-hybridized carbons (Fsp3) is 0.444. The highest BCUT2D eigenvalue weighted by molar-refractivity contribution is 7.92. The summed E-state index contributed by atoms with van der Waals surface area (Å²) in [7, 11) is -3.34. The van der Waals surface area contributed by atoms with Crippen molar-refractivity contribution >= 4 is 30.6 Å². The molecule has 26 heavy (non-hydrogen) atoms. The first kappa shape index (κ1) is 17.9. The van der Waals surface area contributed by atoms with E-state index in [0.29, 0.717) is 5.39 Å². The van der Waals surface area contributed by atoms with Gasteiger partial charge >= 0.3 is 0 Å². The third kappa shape index (κ3) is 2.67. The molecule has 2 aliphatic heterocycles. The molecule has 8 heteroatoms. The van der Waals surface area contributed by atoms with Gasteiger partial charge in [0.2, 0.25) is 10.0 Å². The Balaban J connectivity index is 1.75. The second kappa shape index (κ2) is 6.02. The summed E-state index contributed by atoms with van der Waals surface area (Å²) < 4.78 is 53.0. The van der Waals surface area contributed by atoms with E-state index in [1.54, 1.807) is 18.2 Å². The largest absolute Gasteiger partial charge is 0.305 e. The third-order valence-corrected chi connectivity index (χ3v) is 9.78. The van der Waals surface area contributed by atoms with Gasteiger partial charge in [0.25, 0.3) is 0 Å². The summed E-state index contributed by atoms with van der Waals surface area (Å²) in [6, 6.07) is 12.4. The van der Waals surface area contributed by atoms with Gasteiger partial charge < -0.3 is 4.90 Å². The maximum Gasteiger partial charge on any atom is 0.243 e. The van der Waals surface area contributed by atoms with Crippen molar-refractivity contribution in [3.63, 3.8) is 0 Å². The van der Waals surface area contributed by atoms with E-state index in [2.05, 4.69) is 0 Å². The van der Waals surface area contributed by atoms with Crippen molar-refractivity contribution in [3.8, 4) is 0 Å². The number of nitrogens with zero attached hydrogens (tertiary/aromatic N) is 2. The lowest BCUT2D eigenvalue weighted by Gasteiger charge is -2.25. The van der Waals surface area contributed by atoms with E-state index >= 15 is 0 Å². The number of rotatable bonds is 3. The lowest BCUT2D eigenvalue weighted by molar-refractivity contribution is 0.249. The zero-order valence-electron chi connectivity index (χ0n) is 14.7. The molecule has 2 aliphatic rings. The Labute approximate surface area is 154 Å². The minimum atomic E-state index is -3.76. The van der Waals surface area contributed by atoms with Crippen molar-refractivity contribution < 1.29 is 16.8 Å². The maximum atomic E-state index is 13.3. The number of sulfone groups is 1. The summed E-state index contributed by atoms with van der Waals surface area (Å²) in [6.07, 6.45) is 0. The molecule has 6 nitrogen and oxygen atoms in total. The molecule has 0 unspecified atom stereocenters. The lowest BCUT2D eigenvalue weighted by atomic mass is 10.00. The molecule has 2 aromatic rings. The predicted octanol–water partition coefficient (Wildman–Crippen LogP) is 1.19. The lowest BCUT2D eigenvalue weighted by Crippen LogP contribution is -2.38. The van der Waals surface area contributed by atoms with Crippen molar-refractivity contribution in [1.82, 2.24) is 9.21 Å². The van der Waals surface area contributed by atoms with Crippen LogP contribution in [0.1, 0.15) is 0 Å². The van der Waals surface area contributed by atoms with Crippen LogP contribution in [0, 0.1) is 5.92 Å². The maximum absolute atomic E-state index is 13.3. The molecule has 0 amide bonds. The van der Waals surface area contributed by atoms with Crippen molar-refractivity contribution in [2.24, 2.45) is 5.92 Å². The molecule has 140 valence electrons. The van der Waals surface area contributed by atoms with Gasteiger partial charge in [-0.2, -0.15) is 4.31 Å². The van der Waals surface area contributed by atoms with Crippen LogP contribution in [0.2, 0.25) is 0 Å². The van der Waals surface area contributed by atoms with Crippen LogP contribution in [0.25, 0.3) is 10.8 Å². The number of sulfonamides is 1. The van der Waals surface area contributed by atoms with Crippen molar-refractivity contribution in [1.29, 1.82) is 0 Å². The minimum Gasteiger partial charge on any atom is -0.305 e. The summed E-state index contributed by atoms with van der Waals surface area (Å²) in [6.45, 7) is 0.293. The zero-order chi connectivity index (χ0) is 18.7. The van der Waals surface area contributed by atoms with E-state index in [0.717, 1.165) is 5.39 Å². The summed E-state index contributed by atoms with van der Waals surface area (Å²) in [5.41, 5.74) is 0. The first-order chi connectivity index (χ1) is 12.2. The average Bonchev–Trinajstić information content (AvgIpc) is 3.14. The quantitative estimate of drug-likeness (QED) is 0.782. The summed E-state index contributed by atoms with van der Waals surface area (Å²) >= 11 is 0. The molecule has 3 atom stereocenters. The van der Waals surface area contributed by atoms with Crippen LogP contribution in [0.15, 0.2) is 47.4 Å². The van der Waals surface area contributed by atoms with Crippen LogP contribution >= 0.6 is 0 Å². The van der Waals surface area contributed by atoms with Gasteiger partial charge in [-0.15, -0.1) is 0 Å². The predicted molar refractivity (Wildman–Crippen MR) is 101 cm³/mol. The molecule has 2 saturated heterocycles. The highest BCUT2D eigenvalue weighted by Gasteiger charge is 2.55. The Morgan fingerprint density at radius 3 is 2.46 bits per heavy atom. The highest BCUT2D eigenvalue weighted by atomic mass is 32.2. The molecule has 0 N–H and O–H groups in total. The first-order valence-corrected chi connectivity index (χ1v) is 11.7. The van der Waals surface area contributed by atoms with E-state index < -0.39 is 25.1 Å². The number of fused-ring (bicyclic) bond motifs is 2. The molecule has 0 aliphatic carbocycles. The fourth-order valence-corrected chi connectivity index (χ4v) is 8.57. The van der Waals surface area contributed by atoms with E-state index in [-0.39, 0.29) is 35.7 Å². The Morgan fingerprint density at radius 2 is 1.73 bits per heavy atom. The average molecular weight is 395 g/mol. The smallest absolute Gasteiger partial charge is 0.243 e. The van der Waals surface area contributed by atoms with Crippen molar-refractivity contribution in [2.75, 3.05) is 32.9 Å². The van der Waals surface area contributed by atoms with Crippen LogP contribution in [-0.4, -0.2) is 70.3 Å². The van der Waals surface area contributed by atoms with Crippen molar-refractivity contribution in [2.45, 2.75) is 16.2 Å². The third-order valence-electron chi connectivity index (χ3n) is 5.66. The normalized spacial score (nSPS) is 28.7. The van der Waals surface area contributed by atoms with E-state index in [1.165, 1.54) is 4.31 Å². The SMILES string of the molecule is CN(C)[C@@H]1CS(=O)(=O)[C@H]2CN(S(=O)(=O)c3cccc4ccccc34)C[C@@H]12. The van der Waals surface area contributed by atoms with Crippen LogP contribution in [0.5, 0.6) is 0 Å². The molecule has 2 fully saturated rings. The molecular formula is C18H22N2O4S2. The highest BCUT2D eigenvalue weighted by Crippen LogP contribution is 2.38. The van der Waals surface area contributed by atoms with Gasteiger partial charge in [0.05, 0.1) is 15.9 Å². The van der Waals surface area contributed by atoms with Crippen LogP contribution < -0.4 is 0 Å². The van der Waals surface area contributed by atoms with Crippen molar-refractivity contribution in [3.05, 3.63) is 42.5 Å². The standard InChI is InChI=1S/C18H22N2O4S2/c1-19(2)16-12-25(21,22)18-11-20(10-15(16)18)26(23,24)17-9-5-7-13-6-3-4-8-14(13)17/h3-9,15-16,18H,10-12H2,1-2H3/t15-,16+,18-/m0/s1. The second-order valence-corrected chi connectivity index (χ2v) is 11.5. The Morgan fingerprint density at radius 1 is 1.04 bits per heavy atom. The number of hydrogen-bond donors (Lipinski definition) is 0. The molecule has 2 heterocycles. The van der Waals surface area contributed by atoms with E-state index in [1.807, 2.05) is 43.3 Å². The minimum absolute atomic E-state index is 0.0445. The fourth-order valence-electron chi connectivity index (χ4n) is 4.29. The van der Waals surface area contributed by atoms with E-state index in [4.69, 9.17) is 0 Å². The molecule has 0 aromatic heterocycles. The molecule has 0 bridgehead atoms. The molecular weight excluding hydrogens is 372 g/mol. The second-order valence-electron chi connectivity index (χ2n) is 7.36. The van der Waals surface area contributed by atoms with Gasteiger partial charge in [-0.05, 0) is 25.5 Å². The Bertz CT molecular complexity index is 1060. The van der Waals surface area contributed by atoms with Crippen LogP contribution in [0.3, 0.4) is 0 Å². The summed E-state index contributed by atoms with van der Waals surface area (Å²) in [5, 5.41) is 0.908. The van der Waals surface area contributed by atoms with Gasteiger partial charge in [-0.25, -0.2) is 16.8 Å².